The van der Waals surface area contributed by atoms with Crippen LogP contribution in [0.15, 0.2) is 24.3 Å². The number of nitrogens with two attached hydrogens (primary N) is 1. The summed E-state index contributed by atoms with van der Waals surface area (Å²) in [5.74, 6) is -5.69. The molecule has 0 radical (unpaired) electrons. The molecule has 194 valence electrons. The average molecular weight is 497 g/mol. The third-order valence-corrected chi connectivity index (χ3v) is 4.88. The van der Waals surface area contributed by atoms with E-state index in [0.29, 0.717) is 5.56 Å². The van der Waals surface area contributed by atoms with Gasteiger partial charge in [0, 0.05) is 6.42 Å². The molecule has 0 saturated carbocycles. The molecule has 0 aromatic heterocycles. The first-order valence-corrected chi connectivity index (χ1v) is 10.8. The van der Waals surface area contributed by atoms with Gasteiger partial charge < -0.3 is 42.1 Å². The molecular formula is C22H32N4O9. The van der Waals surface area contributed by atoms with Gasteiger partial charge in [-0.3, -0.25) is 19.2 Å². The molecule has 0 aliphatic carbocycles. The van der Waals surface area contributed by atoms with Gasteiger partial charge in [0.15, 0.2) is 0 Å². The van der Waals surface area contributed by atoms with Gasteiger partial charge in [-0.25, -0.2) is 4.79 Å². The van der Waals surface area contributed by atoms with Crippen LogP contribution in [0.5, 0.6) is 5.75 Å². The number of aliphatic hydroxyl groups is 1. The Kier molecular flexibility index (Phi) is 11.6. The summed E-state index contributed by atoms with van der Waals surface area (Å²) in [6.45, 7) is 2.79. The van der Waals surface area contributed by atoms with E-state index in [1.165, 1.54) is 24.3 Å². The van der Waals surface area contributed by atoms with Gasteiger partial charge in [0.1, 0.15) is 29.9 Å². The topological polar surface area (TPSA) is 228 Å². The van der Waals surface area contributed by atoms with Crippen LogP contribution in [0.4, 0.5) is 0 Å². The first-order chi connectivity index (χ1) is 16.3. The lowest BCUT2D eigenvalue weighted by Crippen LogP contribution is -2.58. The monoisotopic (exact) mass is 496 g/mol. The predicted octanol–water partition coefficient (Wildman–Crippen LogP) is -1.69. The molecule has 3 amide bonds. The third-order valence-electron chi connectivity index (χ3n) is 4.88. The first-order valence-electron chi connectivity index (χ1n) is 10.8. The van der Waals surface area contributed by atoms with E-state index in [1.807, 2.05) is 0 Å². The number of hydrogen-bond acceptors (Lipinski definition) is 8. The van der Waals surface area contributed by atoms with Gasteiger partial charge in [0.2, 0.25) is 17.7 Å². The van der Waals surface area contributed by atoms with Crippen LogP contribution in [0.2, 0.25) is 0 Å². The fourth-order valence-corrected chi connectivity index (χ4v) is 3.06. The van der Waals surface area contributed by atoms with E-state index < -0.39 is 66.9 Å². The number of aliphatic carboxylic acids is 2. The standard InChI is InChI=1S/C22H32N4O9/c1-11(2)7-17(22(34)35)26-21(33)16(9-18(29)30)25-20(32)15(24-19(31)14(23)10-27)8-12-3-5-13(28)6-4-12/h3-6,11,14-17,27-28H,7-10,23H2,1-2H3,(H,24,31)(H,25,32)(H,26,33)(H,29,30)(H,34,35). The Labute approximate surface area is 201 Å². The molecule has 0 bridgehead atoms. The van der Waals surface area contributed by atoms with Gasteiger partial charge >= 0.3 is 11.9 Å². The Bertz CT molecular complexity index is 905. The molecule has 9 N–H and O–H groups in total. The molecule has 1 rings (SSSR count). The fraction of sp³-hybridized carbons (Fsp3) is 0.500. The zero-order chi connectivity index (χ0) is 26.7. The van der Waals surface area contributed by atoms with Crippen molar-refractivity contribution in [3.63, 3.8) is 0 Å². The maximum Gasteiger partial charge on any atom is 0.326 e. The smallest absolute Gasteiger partial charge is 0.326 e. The van der Waals surface area contributed by atoms with Crippen molar-refractivity contribution in [1.82, 2.24) is 16.0 Å². The number of carbonyl (C=O) groups is 5. The Morgan fingerprint density at radius 2 is 1.37 bits per heavy atom. The summed E-state index contributed by atoms with van der Waals surface area (Å²) in [6, 6.07) is 0.0673. The predicted molar refractivity (Wildman–Crippen MR) is 122 cm³/mol. The van der Waals surface area contributed by atoms with Gasteiger partial charge in [-0.15, -0.1) is 0 Å². The lowest BCUT2D eigenvalue weighted by atomic mass is 10.0. The third kappa shape index (κ3) is 10.4. The van der Waals surface area contributed by atoms with Crippen LogP contribution >= 0.6 is 0 Å². The number of rotatable bonds is 14. The molecule has 1 aromatic carbocycles. The number of nitrogens with one attached hydrogen (secondary N) is 3. The molecule has 0 aliphatic rings. The molecule has 0 saturated heterocycles. The van der Waals surface area contributed by atoms with Gasteiger partial charge in [-0.2, -0.15) is 0 Å². The summed E-state index contributed by atoms with van der Waals surface area (Å²) in [5, 5.41) is 43.9. The largest absolute Gasteiger partial charge is 0.508 e. The van der Waals surface area contributed by atoms with Gasteiger partial charge in [0.25, 0.3) is 0 Å². The number of carboxylic acids is 2. The number of aliphatic hydroxyl groups excluding tert-OH is 1. The Hall–Kier alpha value is -3.71. The van der Waals surface area contributed by atoms with Crippen molar-refractivity contribution >= 4 is 29.7 Å². The van der Waals surface area contributed by atoms with Crippen molar-refractivity contribution in [2.45, 2.75) is 57.3 Å². The van der Waals surface area contributed by atoms with Crippen LogP contribution in [0, 0.1) is 5.92 Å². The van der Waals surface area contributed by atoms with E-state index in [2.05, 4.69) is 16.0 Å². The number of aromatic hydroxyl groups is 1. The van der Waals surface area contributed by atoms with Crippen molar-refractivity contribution < 1.29 is 44.4 Å². The number of phenolic OH excluding ortho intramolecular Hbond substituents is 1. The molecule has 13 heteroatoms. The Morgan fingerprint density at radius 1 is 0.857 bits per heavy atom. The van der Waals surface area contributed by atoms with E-state index >= 15 is 0 Å². The minimum atomic E-state index is -1.64. The number of phenols is 1. The fourth-order valence-electron chi connectivity index (χ4n) is 3.06. The summed E-state index contributed by atoms with van der Waals surface area (Å²) in [7, 11) is 0. The van der Waals surface area contributed by atoms with Gasteiger partial charge in [0.05, 0.1) is 13.0 Å². The quantitative estimate of drug-likeness (QED) is 0.146. The highest BCUT2D eigenvalue weighted by atomic mass is 16.4. The van der Waals surface area contributed by atoms with E-state index in [4.69, 9.17) is 10.8 Å². The highest BCUT2D eigenvalue weighted by molar-refractivity contribution is 5.95. The Balaban J connectivity index is 3.12. The van der Waals surface area contributed by atoms with E-state index in [9.17, 15) is 39.3 Å². The van der Waals surface area contributed by atoms with Crippen LogP contribution < -0.4 is 21.7 Å². The summed E-state index contributed by atoms with van der Waals surface area (Å²) in [4.78, 5) is 60.6. The van der Waals surface area contributed by atoms with Crippen LogP contribution in [-0.4, -0.2) is 80.9 Å². The first kappa shape index (κ1) is 29.3. The molecule has 4 unspecified atom stereocenters. The lowest BCUT2D eigenvalue weighted by Gasteiger charge is -2.25. The van der Waals surface area contributed by atoms with Gasteiger partial charge in [-0.05, 0) is 30.0 Å². The molecule has 13 nitrogen and oxygen atoms in total. The van der Waals surface area contributed by atoms with Crippen molar-refractivity contribution in [3.8, 4) is 5.75 Å². The second-order valence-electron chi connectivity index (χ2n) is 8.41. The second kappa shape index (κ2) is 13.9. The zero-order valence-corrected chi connectivity index (χ0v) is 19.4. The normalized spacial score (nSPS) is 14.3. The molecule has 1 aromatic rings. The van der Waals surface area contributed by atoms with Crippen molar-refractivity contribution in [1.29, 1.82) is 0 Å². The number of carbonyl (C=O) groups excluding carboxylic acids is 3. The number of amides is 3. The SMILES string of the molecule is CC(C)CC(NC(=O)C(CC(=O)O)NC(=O)C(Cc1ccc(O)cc1)NC(=O)C(N)CO)C(=O)O. The molecule has 0 fully saturated rings. The maximum atomic E-state index is 13.0. The summed E-state index contributed by atoms with van der Waals surface area (Å²) < 4.78 is 0. The van der Waals surface area contributed by atoms with Crippen LogP contribution in [-0.2, 0) is 30.4 Å². The summed E-state index contributed by atoms with van der Waals surface area (Å²) in [6.07, 6.45) is -0.891. The Morgan fingerprint density at radius 3 is 1.86 bits per heavy atom. The molecule has 0 heterocycles. The van der Waals surface area contributed by atoms with Crippen molar-refractivity contribution in [2.75, 3.05) is 6.61 Å². The average Bonchev–Trinajstić information content (AvgIpc) is 2.77. The minimum absolute atomic E-state index is 0.0336. The van der Waals surface area contributed by atoms with Crippen LogP contribution in [0.25, 0.3) is 0 Å². The van der Waals surface area contributed by atoms with Crippen molar-refractivity contribution in [2.24, 2.45) is 11.7 Å². The molecule has 0 aliphatic heterocycles. The maximum absolute atomic E-state index is 13.0. The molecular weight excluding hydrogens is 464 g/mol. The number of hydrogen-bond donors (Lipinski definition) is 8. The summed E-state index contributed by atoms with van der Waals surface area (Å²) in [5.41, 5.74) is 5.99. The molecule has 0 spiro atoms. The number of benzene rings is 1. The van der Waals surface area contributed by atoms with E-state index in [1.54, 1.807) is 13.8 Å². The second-order valence-corrected chi connectivity index (χ2v) is 8.41. The highest BCUT2D eigenvalue weighted by Gasteiger charge is 2.32. The summed E-state index contributed by atoms with van der Waals surface area (Å²) >= 11 is 0. The van der Waals surface area contributed by atoms with Crippen LogP contribution in [0.1, 0.15) is 32.3 Å². The highest BCUT2D eigenvalue weighted by Crippen LogP contribution is 2.12. The van der Waals surface area contributed by atoms with E-state index in [-0.39, 0.29) is 24.5 Å². The molecule has 35 heavy (non-hydrogen) atoms. The lowest BCUT2D eigenvalue weighted by molar-refractivity contribution is -0.144. The number of carboxylic acid groups (broad SMARTS) is 2. The minimum Gasteiger partial charge on any atom is -0.508 e. The van der Waals surface area contributed by atoms with Gasteiger partial charge in [-0.1, -0.05) is 26.0 Å². The van der Waals surface area contributed by atoms with Crippen LogP contribution in [0.3, 0.4) is 0 Å². The van der Waals surface area contributed by atoms with E-state index in [0.717, 1.165) is 0 Å². The zero-order valence-electron chi connectivity index (χ0n) is 19.4. The van der Waals surface area contributed by atoms with Crippen molar-refractivity contribution in [3.05, 3.63) is 29.8 Å². The molecule has 4 atom stereocenters.